The van der Waals surface area contributed by atoms with Crippen LogP contribution in [0, 0.1) is 0 Å². The molecule has 15 heavy (non-hydrogen) atoms. The zero-order valence-corrected chi connectivity index (χ0v) is 9.38. The number of carbonyl (C=O) groups is 2. The van der Waals surface area contributed by atoms with Gasteiger partial charge in [0.15, 0.2) is 0 Å². The molecule has 0 unspecified atom stereocenters. The van der Waals surface area contributed by atoms with Crippen LogP contribution in [-0.4, -0.2) is 36.1 Å². The van der Waals surface area contributed by atoms with Gasteiger partial charge in [-0.15, -0.1) is 0 Å². The van der Waals surface area contributed by atoms with E-state index >= 15 is 0 Å². The first-order valence-corrected chi connectivity index (χ1v) is 5.23. The minimum atomic E-state index is -0.180. The van der Waals surface area contributed by atoms with E-state index in [0.717, 1.165) is 0 Å². The topological polar surface area (TPSA) is 78.4 Å². The van der Waals surface area contributed by atoms with Gasteiger partial charge in [0.25, 0.3) is 0 Å². The first kappa shape index (κ1) is 13.9. The van der Waals surface area contributed by atoms with Crippen molar-refractivity contribution >= 4 is 11.8 Å². The molecule has 0 fully saturated rings. The van der Waals surface area contributed by atoms with Crippen LogP contribution in [0.4, 0.5) is 0 Å². The second-order valence-corrected chi connectivity index (χ2v) is 3.68. The minimum Gasteiger partial charge on any atom is -0.396 e. The Kier molecular flexibility index (Phi) is 7.62. The highest BCUT2D eigenvalue weighted by Crippen LogP contribution is 1.93. The van der Waals surface area contributed by atoms with Gasteiger partial charge < -0.3 is 15.7 Å². The van der Waals surface area contributed by atoms with Crippen LogP contribution in [0.25, 0.3) is 0 Å². The number of carbonyl (C=O) groups excluding carboxylic acids is 2. The largest absolute Gasteiger partial charge is 0.396 e. The third-order valence-electron chi connectivity index (χ3n) is 1.71. The fraction of sp³-hybridized carbons (Fsp3) is 0.800. The first-order chi connectivity index (χ1) is 7.06. The molecule has 0 saturated carbocycles. The van der Waals surface area contributed by atoms with E-state index in [-0.39, 0.29) is 31.0 Å². The lowest BCUT2D eigenvalue weighted by Gasteiger charge is -2.08. The van der Waals surface area contributed by atoms with Gasteiger partial charge in [0, 0.05) is 19.1 Å². The summed E-state index contributed by atoms with van der Waals surface area (Å²) in [5.74, 6) is -0.331. The Bertz CT molecular complexity index is 205. The lowest BCUT2D eigenvalue weighted by molar-refractivity contribution is -0.126. The third-order valence-corrected chi connectivity index (χ3v) is 1.71. The van der Waals surface area contributed by atoms with Crippen LogP contribution in [-0.2, 0) is 9.59 Å². The summed E-state index contributed by atoms with van der Waals surface area (Å²) >= 11 is 0. The van der Waals surface area contributed by atoms with E-state index in [1.54, 1.807) is 0 Å². The molecule has 0 aromatic rings. The fourth-order valence-electron chi connectivity index (χ4n) is 1.04. The van der Waals surface area contributed by atoms with E-state index in [1.165, 1.54) is 0 Å². The minimum absolute atomic E-state index is 0.0239. The van der Waals surface area contributed by atoms with Gasteiger partial charge in [0.1, 0.15) is 0 Å². The van der Waals surface area contributed by atoms with Crippen LogP contribution in [0.2, 0.25) is 0 Å². The van der Waals surface area contributed by atoms with Crippen LogP contribution in [0.1, 0.15) is 33.1 Å². The standard InChI is InChI=1S/C10H20N2O3/c1-8(2)12-10(15)7-11-9(14)5-3-4-6-13/h8,13H,3-7H2,1-2H3,(H,11,14)(H,12,15). The number of nitrogens with one attached hydrogen (secondary N) is 2. The Morgan fingerprint density at radius 1 is 1.20 bits per heavy atom. The molecule has 3 N–H and O–H groups in total. The Hall–Kier alpha value is -1.10. The maximum Gasteiger partial charge on any atom is 0.239 e. The molecule has 0 aliphatic carbocycles. The predicted octanol–water partition coefficient (Wildman–Crippen LogP) is -0.210. The van der Waals surface area contributed by atoms with Crippen molar-refractivity contribution in [3.8, 4) is 0 Å². The van der Waals surface area contributed by atoms with Crippen molar-refractivity contribution in [2.24, 2.45) is 0 Å². The molecular weight excluding hydrogens is 196 g/mol. The molecular formula is C10H20N2O3. The Balaban J connectivity index is 3.49. The molecule has 0 aromatic carbocycles. The summed E-state index contributed by atoms with van der Waals surface area (Å²) < 4.78 is 0. The summed E-state index contributed by atoms with van der Waals surface area (Å²) in [6.07, 6.45) is 1.62. The van der Waals surface area contributed by atoms with E-state index in [9.17, 15) is 9.59 Å². The fourth-order valence-corrected chi connectivity index (χ4v) is 1.04. The Morgan fingerprint density at radius 3 is 2.40 bits per heavy atom. The van der Waals surface area contributed by atoms with Gasteiger partial charge in [-0.1, -0.05) is 0 Å². The van der Waals surface area contributed by atoms with E-state index in [0.29, 0.717) is 19.3 Å². The van der Waals surface area contributed by atoms with Crippen LogP contribution in [0.15, 0.2) is 0 Å². The summed E-state index contributed by atoms with van der Waals surface area (Å²) in [7, 11) is 0. The molecule has 0 aromatic heterocycles. The first-order valence-electron chi connectivity index (χ1n) is 5.23. The van der Waals surface area contributed by atoms with Crippen molar-refractivity contribution < 1.29 is 14.7 Å². The highest BCUT2D eigenvalue weighted by molar-refractivity contribution is 5.84. The molecule has 0 atom stereocenters. The second-order valence-electron chi connectivity index (χ2n) is 3.68. The SMILES string of the molecule is CC(C)NC(=O)CNC(=O)CCCCO. The molecule has 5 heteroatoms. The average molecular weight is 216 g/mol. The van der Waals surface area contributed by atoms with Gasteiger partial charge in [0.2, 0.25) is 11.8 Å². The molecule has 0 aliphatic rings. The monoisotopic (exact) mass is 216 g/mol. The maximum atomic E-state index is 11.1. The Labute approximate surface area is 90.2 Å². The van der Waals surface area contributed by atoms with Crippen molar-refractivity contribution in [3.63, 3.8) is 0 Å². The number of hydrogen-bond acceptors (Lipinski definition) is 3. The quantitative estimate of drug-likeness (QED) is 0.515. The van der Waals surface area contributed by atoms with Crippen LogP contribution in [0.5, 0.6) is 0 Å². The van der Waals surface area contributed by atoms with E-state index in [2.05, 4.69) is 10.6 Å². The Morgan fingerprint density at radius 2 is 1.87 bits per heavy atom. The molecule has 0 spiro atoms. The van der Waals surface area contributed by atoms with Crippen molar-refractivity contribution in [3.05, 3.63) is 0 Å². The molecule has 0 heterocycles. The van der Waals surface area contributed by atoms with Gasteiger partial charge in [-0.3, -0.25) is 9.59 Å². The molecule has 0 aliphatic heterocycles. The summed E-state index contributed by atoms with van der Waals surface area (Å²) in [4.78, 5) is 22.3. The molecule has 0 bridgehead atoms. The van der Waals surface area contributed by atoms with E-state index in [1.807, 2.05) is 13.8 Å². The number of aliphatic hydroxyl groups excluding tert-OH is 1. The summed E-state index contributed by atoms with van der Waals surface area (Å²) in [6.45, 7) is 3.85. The van der Waals surface area contributed by atoms with Gasteiger partial charge in [-0.2, -0.15) is 0 Å². The summed E-state index contributed by atoms with van der Waals surface area (Å²) in [5.41, 5.74) is 0. The molecule has 0 saturated heterocycles. The number of rotatable bonds is 7. The van der Waals surface area contributed by atoms with Gasteiger partial charge in [-0.25, -0.2) is 0 Å². The predicted molar refractivity (Wildman–Crippen MR) is 57.2 cm³/mol. The molecule has 88 valence electrons. The molecule has 2 amide bonds. The van der Waals surface area contributed by atoms with Crippen LogP contribution >= 0.6 is 0 Å². The van der Waals surface area contributed by atoms with Crippen molar-refractivity contribution in [1.29, 1.82) is 0 Å². The molecule has 5 nitrogen and oxygen atoms in total. The van der Waals surface area contributed by atoms with Crippen molar-refractivity contribution in [2.75, 3.05) is 13.2 Å². The van der Waals surface area contributed by atoms with Crippen molar-refractivity contribution in [1.82, 2.24) is 10.6 Å². The lowest BCUT2D eigenvalue weighted by atomic mass is 10.2. The van der Waals surface area contributed by atoms with Crippen LogP contribution in [0.3, 0.4) is 0 Å². The van der Waals surface area contributed by atoms with Gasteiger partial charge in [-0.05, 0) is 26.7 Å². The number of hydrogen-bond donors (Lipinski definition) is 3. The summed E-state index contributed by atoms with van der Waals surface area (Å²) in [5, 5.41) is 13.7. The second kappa shape index (κ2) is 8.23. The van der Waals surface area contributed by atoms with Gasteiger partial charge >= 0.3 is 0 Å². The molecule has 0 radical (unpaired) electrons. The lowest BCUT2D eigenvalue weighted by Crippen LogP contribution is -2.39. The number of aliphatic hydroxyl groups is 1. The average Bonchev–Trinajstić information content (AvgIpc) is 2.14. The molecule has 0 rings (SSSR count). The number of amides is 2. The van der Waals surface area contributed by atoms with E-state index < -0.39 is 0 Å². The van der Waals surface area contributed by atoms with Crippen molar-refractivity contribution in [2.45, 2.75) is 39.2 Å². The smallest absolute Gasteiger partial charge is 0.239 e. The normalized spacial score (nSPS) is 10.1. The maximum absolute atomic E-state index is 11.1. The van der Waals surface area contributed by atoms with E-state index in [4.69, 9.17) is 5.11 Å². The highest BCUT2D eigenvalue weighted by Gasteiger charge is 2.05. The van der Waals surface area contributed by atoms with Gasteiger partial charge in [0.05, 0.1) is 6.54 Å². The highest BCUT2D eigenvalue weighted by atomic mass is 16.3. The van der Waals surface area contributed by atoms with Crippen LogP contribution < -0.4 is 10.6 Å². The number of unbranched alkanes of at least 4 members (excludes halogenated alkanes) is 1. The third kappa shape index (κ3) is 9.21. The zero-order valence-electron chi connectivity index (χ0n) is 9.38. The summed E-state index contributed by atoms with van der Waals surface area (Å²) in [6, 6.07) is 0.0868. The zero-order chi connectivity index (χ0) is 11.7.